The predicted molar refractivity (Wildman–Crippen MR) is 81.2 cm³/mol. The molecule has 0 nitrogen and oxygen atoms in total. The van der Waals surface area contributed by atoms with E-state index >= 15 is 0 Å². The maximum absolute atomic E-state index is 2.24. The fourth-order valence-corrected chi connectivity index (χ4v) is 1.67. The molecule has 0 fully saturated rings. The van der Waals surface area contributed by atoms with Crippen LogP contribution in [0.2, 0.25) is 0 Å². The molecule has 0 unspecified atom stereocenters. The molecular formula is C18H24. The molecule has 0 aliphatic rings. The van der Waals surface area contributed by atoms with Crippen LogP contribution >= 0.6 is 0 Å². The summed E-state index contributed by atoms with van der Waals surface area (Å²) in [6, 6.07) is 17.1. The molecule has 96 valence electrons. The Labute approximate surface area is 112 Å². The first kappa shape index (κ1) is 14.5. The Bertz CT molecular complexity index is 443. The number of hydrogen-bond donors (Lipinski definition) is 0. The number of rotatable bonds is 1. The maximum Gasteiger partial charge on any atom is -0.0219 e. The smallest absolute Gasteiger partial charge is 0.0219 e. The van der Waals surface area contributed by atoms with Gasteiger partial charge >= 0.3 is 0 Å². The summed E-state index contributed by atoms with van der Waals surface area (Å²) < 4.78 is 0. The Kier molecular flexibility index (Phi) is 5.64. The van der Waals surface area contributed by atoms with E-state index in [1.54, 1.807) is 0 Å². The average molecular weight is 240 g/mol. The quantitative estimate of drug-likeness (QED) is 0.624. The Morgan fingerprint density at radius 3 is 1.50 bits per heavy atom. The van der Waals surface area contributed by atoms with E-state index in [4.69, 9.17) is 0 Å². The van der Waals surface area contributed by atoms with Crippen LogP contribution in [0.5, 0.6) is 0 Å². The molecule has 0 aromatic heterocycles. The van der Waals surface area contributed by atoms with Crippen LogP contribution in [0.3, 0.4) is 0 Å². The largest absolute Gasteiger partial charge is 0.0617 e. The van der Waals surface area contributed by atoms with Gasteiger partial charge in [0, 0.05) is 0 Å². The van der Waals surface area contributed by atoms with Crippen LogP contribution in [0.15, 0.2) is 48.5 Å². The van der Waals surface area contributed by atoms with Crippen LogP contribution in [-0.2, 0) is 0 Å². The summed E-state index contributed by atoms with van der Waals surface area (Å²) >= 11 is 0. The van der Waals surface area contributed by atoms with Crippen molar-refractivity contribution in [2.75, 3.05) is 0 Å². The van der Waals surface area contributed by atoms with Crippen molar-refractivity contribution in [3.8, 4) is 0 Å². The lowest BCUT2D eigenvalue weighted by Gasteiger charge is -2.04. The van der Waals surface area contributed by atoms with E-state index in [2.05, 4.69) is 83.1 Å². The second-order valence-corrected chi connectivity index (χ2v) is 5.22. The highest BCUT2D eigenvalue weighted by Gasteiger charge is 1.96. The van der Waals surface area contributed by atoms with Gasteiger partial charge < -0.3 is 0 Å². The van der Waals surface area contributed by atoms with Gasteiger partial charge in [-0.15, -0.1) is 0 Å². The lowest BCUT2D eigenvalue weighted by atomic mass is 10.0. The third kappa shape index (κ3) is 5.18. The standard InChI is InChI=1S/C10H14.C8H10/c1-8(2)10-6-4-5-9(3)7-10;1-7-3-5-8(2)6-4-7/h4-8H,1-3H3;3-6H,1-2H3. The van der Waals surface area contributed by atoms with E-state index < -0.39 is 0 Å². The third-order valence-electron chi connectivity index (χ3n) is 2.93. The Morgan fingerprint density at radius 2 is 1.17 bits per heavy atom. The fraction of sp³-hybridized carbons (Fsp3) is 0.333. The molecule has 2 aromatic rings. The normalized spacial score (nSPS) is 9.89. The van der Waals surface area contributed by atoms with Gasteiger partial charge in [0.2, 0.25) is 0 Å². The summed E-state index contributed by atoms with van der Waals surface area (Å²) in [5.74, 6) is 0.653. The summed E-state index contributed by atoms with van der Waals surface area (Å²) in [4.78, 5) is 0. The molecule has 0 heteroatoms. The van der Waals surface area contributed by atoms with Crippen molar-refractivity contribution < 1.29 is 0 Å². The molecule has 18 heavy (non-hydrogen) atoms. The minimum Gasteiger partial charge on any atom is -0.0617 e. The molecule has 0 heterocycles. The van der Waals surface area contributed by atoms with E-state index in [-0.39, 0.29) is 0 Å². The molecule has 2 aromatic carbocycles. The second-order valence-electron chi connectivity index (χ2n) is 5.22. The molecule has 0 aliphatic heterocycles. The van der Waals surface area contributed by atoms with Gasteiger partial charge in [-0.3, -0.25) is 0 Å². The minimum absolute atomic E-state index is 0.653. The summed E-state index contributed by atoms with van der Waals surface area (Å²) in [5.41, 5.74) is 5.44. The molecule has 0 N–H and O–H groups in total. The molecule has 0 saturated heterocycles. The molecule has 0 aliphatic carbocycles. The van der Waals surface area contributed by atoms with Crippen molar-refractivity contribution in [3.05, 3.63) is 70.8 Å². The first-order valence-electron chi connectivity index (χ1n) is 6.59. The zero-order valence-electron chi connectivity index (χ0n) is 12.2. The van der Waals surface area contributed by atoms with Crippen molar-refractivity contribution in [3.63, 3.8) is 0 Å². The molecular weight excluding hydrogens is 216 g/mol. The SMILES string of the molecule is Cc1ccc(C)cc1.Cc1cccc(C(C)C)c1. The average Bonchev–Trinajstić information content (AvgIpc) is 2.34. The molecule has 0 bridgehead atoms. The van der Waals surface area contributed by atoms with Gasteiger partial charge in [-0.1, -0.05) is 79.1 Å². The van der Waals surface area contributed by atoms with Crippen molar-refractivity contribution in [1.82, 2.24) is 0 Å². The number of hydrogen-bond acceptors (Lipinski definition) is 0. The lowest BCUT2D eigenvalue weighted by molar-refractivity contribution is 0.865. The van der Waals surface area contributed by atoms with E-state index in [0.717, 1.165) is 0 Å². The maximum atomic E-state index is 2.24. The van der Waals surface area contributed by atoms with Gasteiger partial charge in [0.15, 0.2) is 0 Å². The van der Waals surface area contributed by atoms with E-state index in [1.807, 2.05) is 0 Å². The topological polar surface area (TPSA) is 0 Å². The molecule has 0 radical (unpaired) electrons. The van der Waals surface area contributed by atoms with Crippen molar-refractivity contribution in [1.29, 1.82) is 0 Å². The zero-order chi connectivity index (χ0) is 13.5. The highest BCUT2D eigenvalue weighted by atomic mass is 14.0. The van der Waals surface area contributed by atoms with Gasteiger partial charge in [-0.25, -0.2) is 0 Å². The molecule has 2 rings (SSSR count). The highest BCUT2D eigenvalue weighted by Crippen LogP contribution is 2.14. The lowest BCUT2D eigenvalue weighted by Crippen LogP contribution is -1.86. The monoisotopic (exact) mass is 240 g/mol. The molecule has 0 atom stereocenters. The fourth-order valence-electron chi connectivity index (χ4n) is 1.67. The minimum atomic E-state index is 0.653. The predicted octanol–water partition coefficient (Wildman–Crippen LogP) is 5.42. The van der Waals surface area contributed by atoms with Gasteiger partial charge in [-0.2, -0.15) is 0 Å². The summed E-state index contributed by atoms with van der Waals surface area (Å²) in [7, 11) is 0. The van der Waals surface area contributed by atoms with Crippen LogP contribution in [0.1, 0.15) is 42.0 Å². The van der Waals surface area contributed by atoms with Crippen LogP contribution in [0.4, 0.5) is 0 Å². The van der Waals surface area contributed by atoms with Crippen molar-refractivity contribution >= 4 is 0 Å². The van der Waals surface area contributed by atoms with Crippen molar-refractivity contribution in [2.45, 2.75) is 40.5 Å². The molecule has 0 saturated carbocycles. The van der Waals surface area contributed by atoms with Gasteiger partial charge in [0.05, 0.1) is 0 Å². The second kappa shape index (κ2) is 7.00. The van der Waals surface area contributed by atoms with Gasteiger partial charge in [0.25, 0.3) is 0 Å². The third-order valence-corrected chi connectivity index (χ3v) is 2.93. The van der Waals surface area contributed by atoms with Gasteiger partial charge in [-0.05, 0) is 32.3 Å². The first-order valence-corrected chi connectivity index (χ1v) is 6.59. The Morgan fingerprint density at radius 1 is 0.667 bits per heavy atom. The zero-order valence-corrected chi connectivity index (χ0v) is 12.2. The van der Waals surface area contributed by atoms with Crippen LogP contribution in [0.25, 0.3) is 0 Å². The highest BCUT2D eigenvalue weighted by molar-refractivity contribution is 5.24. The summed E-state index contributed by atoms with van der Waals surface area (Å²) in [6.45, 7) is 10.8. The van der Waals surface area contributed by atoms with Gasteiger partial charge in [0.1, 0.15) is 0 Å². The Balaban J connectivity index is 0.000000184. The Hall–Kier alpha value is -1.56. The molecule has 0 amide bonds. The number of benzene rings is 2. The van der Waals surface area contributed by atoms with E-state index in [1.165, 1.54) is 22.3 Å². The number of aryl methyl sites for hydroxylation is 3. The van der Waals surface area contributed by atoms with Crippen LogP contribution < -0.4 is 0 Å². The van der Waals surface area contributed by atoms with E-state index in [9.17, 15) is 0 Å². The summed E-state index contributed by atoms with van der Waals surface area (Å²) in [6.07, 6.45) is 0. The van der Waals surface area contributed by atoms with Crippen LogP contribution in [-0.4, -0.2) is 0 Å². The van der Waals surface area contributed by atoms with Crippen molar-refractivity contribution in [2.24, 2.45) is 0 Å². The van der Waals surface area contributed by atoms with E-state index in [0.29, 0.717) is 5.92 Å². The molecule has 0 spiro atoms. The first-order chi connectivity index (χ1) is 8.49. The summed E-state index contributed by atoms with van der Waals surface area (Å²) in [5, 5.41) is 0. The van der Waals surface area contributed by atoms with Crippen LogP contribution in [0, 0.1) is 20.8 Å².